The number of hydrogen-bond donors (Lipinski definition) is 3. The molecule has 0 fully saturated rings. The molecule has 4 nitrogen and oxygen atoms in total. The zero-order valence-corrected chi connectivity index (χ0v) is 12.6. The van der Waals surface area contributed by atoms with Crippen LogP contribution in [0.15, 0.2) is 22.7 Å². The Kier molecular flexibility index (Phi) is 4.70. The Balaban J connectivity index is 2.78. The molecule has 1 aromatic rings. The van der Waals surface area contributed by atoms with Crippen LogP contribution in [-0.2, 0) is 0 Å². The number of nitrogens with two attached hydrogens (primary N) is 1. The zero-order valence-electron chi connectivity index (χ0n) is 10.2. The van der Waals surface area contributed by atoms with Gasteiger partial charge in [-0.3, -0.25) is 4.79 Å². The van der Waals surface area contributed by atoms with Crippen molar-refractivity contribution in [3.63, 3.8) is 0 Å². The normalized spacial score (nSPS) is 11.1. The highest BCUT2D eigenvalue weighted by Crippen LogP contribution is 2.22. The number of nitrogens with one attached hydrogen (secondary N) is 1. The van der Waals surface area contributed by atoms with E-state index in [1.165, 1.54) is 6.07 Å². The van der Waals surface area contributed by atoms with E-state index in [1.807, 2.05) is 13.8 Å². The molecule has 0 aliphatic rings. The summed E-state index contributed by atoms with van der Waals surface area (Å²) in [4.78, 5) is 12.2. The number of halogens is 1. The van der Waals surface area contributed by atoms with Crippen LogP contribution in [0.2, 0.25) is 0 Å². The first kappa shape index (κ1) is 14.9. The van der Waals surface area contributed by atoms with Crippen molar-refractivity contribution < 1.29 is 9.90 Å². The molecule has 0 aliphatic carbocycles. The van der Waals surface area contributed by atoms with E-state index >= 15 is 0 Å². The highest BCUT2D eigenvalue weighted by atomic mass is 79.9. The number of carbonyl (C=O) groups excluding carboxylic acids is 1. The lowest BCUT2D eigenvalue weighted by Gasteiger charge is -2.23. The Morgan fingerprint density at radius 3 is 2.72 bits per heavy atom. The lowest BCUT2D eigenvalue weighted by molar-refractivity contribution is 0.0942. The monoisotopic (exact) mass is 330 g/mol. The minimum Gasteiger partial charge on any atom is -0.507 e. The smallest absolute Gasteiger partial charge is 0.255 e. The van der Waals surface area contributed by atoms with Gasteiger partial charge in [-0.25, -0.2) is 0 Å². The van der Waals surface area contributed by atoms with Gasteiger partial charge in [0.25, 0.3) is 5.91 Å². The predicted octanol–water partition coefficient (Wildman–Crippen LogP) is 2.20. The average Bonchev–Trinajstić information content (AvgIpc) is 2.29. The summed E-state index contributed by atoms with van der Waals surface area (Å²) in [6, 6.07) is 4.67. The van der Waals surface area contributed by atoms with Crippen LogP contribution in [-0.4, -0.2) is 22.5 Å². The Morgan fingerprint density at radius 1 is 1.56 bits per heavy atom. The number of phenols is 1. The Bertz CT molecular complexity index is 489. The van der Waals surface area contributed by atoms with E-state index < -0.39 is 5.41 Å². The minimum atomic E-state index is -0.466. The second-order valence-corrected chi connectivity index (χ2v) is 5.95. The molecule has 6 heteroatoms. The van der Waals surface area contributed by atoms with Crippen molar-refractivity contribution in [3.8, 4) is 5.75 Å². The molecule has 0 saturated carbocycles. The molecule has 1 aromatic carbocycles. The van der Waals surface area contributed by atoms with E-state index in [0.717, 1.165) is 4.47 Å². The number of thiocarbonyl (C=S) groups is 1. The van der Waals surface area contributed by atoms with Crippen molar-refractivity contribution in [2.45, 2.75) is 13.8 Å². The Morgan fingerprint density at radius 2 is 2.17 bits per heavy atom. The summed E-state index contributed by atoms with van der Waals surface area (Å²) in [5.74, 6) is -0.429. The van der Waals surface area contributed by atoms with Crippen LogP contribution in [0, 0.1) is 5.41 Å². The summed E-state index contributed by atoms with van der Waals surface area (Å²) in [6.07, 6.45) is 0. The molecule has 0 saturated heterocycles. The van der Waals surface area contributed by atoms with Gasteiger partial charge in [-0.15, -0.1) is 0 Å². The van der Waals surface area contributed by atoms with Gasteiger partial charge in [-0.2, -0.15) is 0 Å². The molecule has 0 unspecified atom stereocenters. The molecule has 98 valence electrons. The van der Waals surface area contributed by atoms with Gasteiger partial charge in [0.2, 0.25) is 0 Å². The Labute approximate surface area is 120 Å². The molecule has 0 heterocycles. The van der Waals surface area contributed by atoms with E-state index in [0.29, 0.717) is 11.5 Å². The van der Waals surface area contributed by atoms with Crippen LogP contribution in [0.3, 0.4) is 0 Å². The molecule has 1 rings (SSSR count). The molecule has 0 atom stereocenters. The summed E-state index contributed by atoms with van der Waals surface area (Å²) in [6.45, 7) is 4.00. The van der Waals surface area contributed by atoms with Gasteiger partial charge < -0.3 is 16.2 Å². The van der Waals surface area contributed by atoms with Gasteiger partial charge in [-0.1, -0.05) is 42.0 Å². The van der Waals surface area contributed by atoms with E-state index in [-0.39, 0.29) is 17.2 Å². The van der Waals surface area contributed by atoms with Crippen LogP contribution in [0.4, 0.5) is 0 Å². The standard InChI is InChI=1S/C12H15BrN2O2S/c1-12(2,11(14)18)6-15-10(17)8-5-7(13)3-4-9(8)16/h3-5,16H,6H2,1-2H3,(H2,14,18)(H,15,17). The van der Waals surface area contributed by atoms with E-state index in [4.69, 9.17) is 18.0 Å². The molecule has 4 N–H and O–H groups in total. The number of benzene rings is 1. The van der Waals surface area contributed by atoms with Gasteiger partial charge in [-0.05, 0) is 18.2 Å². The summed E-state index contributed by atoms with van der Waals surface area (Å²) in [5, 5.41) is 12.3. The first-order valence-corrected chi connectivity index (χ1v) is 6.51. The lowest BCUT2D eigenvalue weighted by atomic mass is 9.93. The maximum Gasteiger partial charge on any atom is 0.255 e. The number of carbonyl (C=O) groups is 1. The van der Waals surface area contributed by atoms with Crippen molar-refractivity contribution in [1.82, 2.24) is 5.32 Å². The largest absolute Gasteiger partial charge is 0.507 e. The van der Waals surface area contributed by atoms with Crippen LogP contribution >= 0.6 is 28.1 Å². The third-order valence-corrected chi connectivity index (χ3v) is 3.61. The predicted molar refractivity (Wildman–Crippen MR) is 78.7 cm³/mol. The van der Waals surface area contributed by atoms with Crippen molar-refractivity contribution in [2.75, 3.05) is 6.54 Å². The number of amides is 1. The van der Waals surface area contributed by atoms with Crippen LogP contribution < -0.4 is 11.1 Å². The van der Waals surface area contributed by atoms with Crippen molar-refractivity contribution in [1.29, 1.82) is 0 Å². The van der Waals surface area contributed by atoms with Gasteiger partial charge in [0.05, 0.1) is 10.6 Å². The molecule has 1 amide bonds. The second kappa shape index (κ2) is 5.67. The quantitative estimate of drug-likeness (QED) is 0.740. The topological polar surface area (TPSA) is 75.3 Å². The fourth-order valence-corrected chi connectivity index (χ4v) is 1.61. The lowest BCUT2D eigenvalue weighted by Crippen LogP contribution is -2.41. The fraction of sp³-hybridized carbons (Fsp3) is 0.333. The molecular weight excluding hydrogens is 316 g/mol. The Hall–Kier alpha value is -1.14. The van der Waals surface area contributed by atoms with E-state index in [1.54, 1.807) is 12.1 Å². The third kappa shape index (κ3) is 3.68. The summed E-state index contributed by atoms with van der Waals surface area (Å²) < 4.78 is 0.721. The van der Waals surface area contributed by atoms with E-state index in [2.05, 4.69) is 21.2 Å². The molecule has 0 bridgehead atoms. The maximum atomic E-state index is 11.9. The minimum absolute atomic E-state index is 0.0659. The molecule has 0 aliphatic heterocycles. The summed E-state index contributed by atoms with van der Waals surface area (Å²) in [5.41, 5.74) is 5.32. The molecular formula is C12H15BrN2O2S. The summed E-state index contributed by atoms with van der Waals surface area (Å²) in [7, 11) is 0. The summed E-state index contributed by atoms with van der Waals surface area (Å²) >= 11 is 8.16. The fourth-order valence-electron chi connectivity index (χ4n) is 1.17. The van der Waals surface area contributed by atoms with Crippen molar-refractivity contribution in [2.24, 2.45) is 11.1 Å². The molecule has 18 heavy (non-hydrogen) atoms. The first-order chi connectivity index (χ1) is 8.24. The number of hydrogen-bond acceptors (Lipinski definition) is 3. The van der Waals surface area contributed by atoms with E-state index in [9.17, 15) is 9.90 Å². The molecule has 0 radical (unpaired) electrons. The van der Waals surface area contributed by atoms with Gasteiger partial charge in [0, 0.05) is 16.4 Å². The highest BCUT2D eigenvalue weighted by molar-refractivity contribution is 9.10. The number of phenolic OH excluding ortho intramolecular Hbond substituents is 1. The zero-order chi connectivity index (χ0) is 13.9. The number of rotatable bonds is 4. The SMILES string of the molecule is CC(C)(CNC(=O)c1cc(Br)ccc1O)C(N)=S. The molecule has 0 spiro atoms. The first-order valence-electron chi connectivity index (χ1n) is 5.30. The van der Waals surface area contributed by atoms with Crippen LogP contribution in [0.5, 0.6) is 5.75 Å². The van der Waals surface area contributed by atoms with Gasteiger partial charge in [0.1, 0.15) is 5.75 Å². The molecule has 0 aromatic heterocycles. The average molecular weight is 331 g/mol. The number of aromatic hydroxyl groups is 1. The van der Waals surface area contributed by atoms with Gasteiger partial charge in [0.15, 0.2) is 0 Å². The highest BCUT2D eigenvalue weighted by Gasteiger charge is 2.23. The maximum absolute atomic E-state index is 11.9. The van der Waals surface area contributed by atoms with Crippen LogP contribution in [0.1, 0.15) is 24.2 Å². The van der Waals surface area contributed by atoms with Crippen molar-refractivity contribution in [3.05, 3.63) is 28.2 Å². The van der Waals surface area contributed by atoms with Gasteiger partial charge >= 0.3 is 0 Å². The third-order valence-electron chi connectivity index (χ3n) is 2.56. The van der Waals surface area contributed by atoms with Crippen molar-refractivity contribution >= 4 is 39.0 Å². The van der Waals surface area contributed by atoms with Crippen LogP contribution in [0.25, 0.3) is 0 Å². The second-order valence-electron chi connectivity index (χ2n) is 4.59.